The molecule has 1 amide bonds. The number of likely N-dealkylation sites (N-methyl/N-ethyl adjacent to an activating group) is 1. The van der Waals surface area contributed by atoms with E-state index in [2.05, 4.69) is 4.98 Å². The third kappa shape index (κ3) is 2.09. The molecule has 1 aliphatic rings. The number of pyridine rings is 1. The van der Waals surface area contributed by atoms with Crippen molar-refractivity contribution >= 4 is 22.6 Å². The third-order valence-electron chi connectivity index (χ3n) is 3.81. The van der Waals surface area contributed by atoms with Crippen LogP contribution in [0.5, 0.6) is 0 Å². The number of hydrogen-bond donors (Lipinski definition) is 0. The zero-order chi connectivity index (χ0) is 14.3. The fourth-order valence-corrected chi connectivity index (χ4v) is 2.57. The van der Waals surface area contributed by atoms with E-state index < -0.39 is 0 Å². The fraction of sp³-hybridized carbons (Fsp3) is 0.333. The van der Waals surface area contributed by atoms with Crippen LogP contribution in [0.4, 0.5) is 10.2 Å². The Morgan fingerprint density at radius 1 is 1.25 bits per heavy atom. The first-order valence-electron chi connectivity index (χ1n) is 6.64. The largest absolute Gasteiger partial charge is 0.343 e. The Balaban J connectivity index is 1.99. The molecule has 1 atom stereocenters. The molecule has 1 aromatic heterocycles. The first kappa shape index (κ1) is 12.8. The molecule has 1 aliphatic heterocycles. The maximum Gasteiger partial charge on any atom is 0.244 e. The number of piperazine rings is 1. The SMILES string of the molecule is CC1C(=O)N(C)CCN1c1ccc2ccc(F)cc2n1. The minimum atomic E-state index is -0.301. The first-order chi connectivity index (χ1) is 9.56. The monoisotopic (exact) mass is 273 g/mol. The van der Waals surface area contributed by atoms with Crippen LogP contribution in [0.2, 0.25) is 0 Å². The molecule has 2 heterocycles. The molecule has 0 saturated carbocycles. The highest BCUT2D eigenvalue weighted by Crippen LogP contribution is 2.22. The number of carbonyl (C=O) groups is 1. The van der Waals surface area contributed by atoms with Crippen molar-refractivity contribution in [2.24, 2.45) is 0 Å². The summed E-state index contributed by atoms with van der Waals surface area (Å²) in [5, 5.41) is 0.892. The lowest BCUT2D eigenvalue weighted by Crippen LogP contribution is -2.54. The van der Waals surface area contributed by atoms with Gasteiger partial charge in [0.1, 0.15) is 17.7 Å². The highest BCUT2D eigenvalue weighted by atomic mass is 19.1. The smallest absolute Gasteiger partial charge is 0.244 e. The summed E-state index contributed by atoms with van der Waals surface area (Å²) in [7, 11) is 1.80. The van der Waals surface area contributed by atoms with E-state index in [1.54, 1.807) is 18.0 Å². The first-order valence-corrected chi connectivity index (χ1v) is 6.64. The summed E-state index contributed by atoms with van der Waals surface area (Å²) in [6, 6.07) is 8.10. The molecule has 1 saturated heterocycles. The third-order valence-corrected chi connectivity index (χ3v) is 3.81. The summed E-state index contributed by atoms with van der Waals surface area (Å²) in [6.45, 7) is 3.28. The molecule has 1 unspecified atom stereocenters. The minimum Gasteiger partial charge on any atom is -0.343 e. The average molecular weight is 273 g/mol. The number of benzene rings is 1. The lowest BCUT2D eigenvalue weighted by Gasteiger charge is -2.38. The summed E-state index contributed by atoms with van der Waals surface area (Å²) in [4.78, 5) is 20.2. The van der Waals surface area contributed by atoms with Gasteiger partial charge in [0.25, 0.3) is 0 Å². The summed E-state index contributed by atoms with van der Waals surface area (Å²) >= 11 is 0. The van der Waals surface area contributed by atoms with Gasteiger partial charge in [0.05, 0.1) is 5.52 Å². The van der Waals surface area contributed by atoms with Gasteiger partial charge in [-0.3, -0.25) is 4.79 Å². The highest BCUT2D eigenvalue weighted by Gasteiger charge is 2.30. The van der Waals surface area contributed by atoms with Crippen LogP contribution >= 0.6 is 0 Å². The molecule has 0 spiro atoms. The number of rotatable bonds is 1. The van der Waals surface area contributed by atoms with E-state index in [-0.39, 0.29) is 17.8 Å². The predicted octanol–water partition coefficient (Wildman–Crippen LogP) is 2.04. The van der Waals surface area contributed by atoms with E-state index in [0.717, 1.165) is 17.7 Å². The molecule has 0 N–H and O–H groups in total. The number of hydrogen-bond acceptors (Lipinski definition) is 3. The maximum atomic E-state index is 13.3. The average Bonchev–Trinajstić information content (AvgIpc) is 2.44. The van der Waals surface area contributed by atoms with Crippen LogP contribution in [0.15, 0.2) is 30.3 Å². The highest BCUT2D eigenvalue weighted by molar-refractivity contribution is 5.87. The number of halogens is 1. The molecule has 0 radical (unpaired) electrons. The van der Waals surface area contributed by atoms with Gasteiger partial charge in [-0.2, -0.15) is 0 Å². The van der Waals surface area contributed by atoms with Crippen molar-refractivity contribution in [1.29, 1.82) is 0 Å². The summed E-state index contributed by atoms with van der Waals surface area (Å²) in [5.74, 6) is 0.499. The van der Waals surface area contributed by atoms with Gasteiger partial charge in [-0.15, -0.1) is 0 Å². The maximum absolute atomic E-state index is 13.3. The van der Waals surface area contributed by atoms with Crippen molar-refractivity contribution in [2.75, 3.05) is 25.0 Å². The van der Waals surface area contributed by atoms with Crippen LogP contribution < -0.4 is 4.90 Å². The number of fused-ring (bicyclic) bond motifs is 1. The summed E-state index contributed by atoms with van der Waals surface area (Å²) in [6.07, 6.45) is 0. The second-order valence-corrected chi connectivity index (χ2v) is 5.14. The topological polar surface area (TPSA) is 36.4 Å². The van der Waals surface area contributed by atoms with Gasteiger partial charge >= 0.3 is 0 Å². The fourth-order valence-electron chi connectivity index (χ4n) is 2.57. The Morgan fingerprint density at radius 3 is 2.80 bits per heavy atom. The van der Waals surface area contributed by atoms with Crippen LogP contribution in [-0.2, 0) is 4.79 Å². The van der Waals surface area contributed by atoms with E-state index >= 15 is 0 Å². The zero-order valence-electron chi connectivity index (χ0n) is 11.5. The second-order valence-electron chi connectivity index (χ2n) is 5.14. The van der Waals surface area contributed by atoms with Gasteiger partial charge in [-0.25, -0.2) is 9.37 Å². The molecule has 1 aromatic carbocycles. The van der Waals surface area contributed by atoms with Crippen LogP contribution in [0, 0.1) is 5.82 Å². The normalized spacial score (nSPS) is 19.8. The number of carbonyl (C=O) groups excluding carboxylic acids is 1. The van der Waals surface area contributed by atoms with E-state index in [4.69, 9.17) is 0 Å². The Bertz CT molecular complexity index is 673. The number of nitrogens with zero attached hydrogens (tertiary/aromatic N) is 3. The minimum absolute atomic E-state index is 0.0809. The second kappa shape index (κ2) is 4.74. The number of anilines is 1. The van der Waals surface area contributed by atoms with Crippen molar-refractivity contribution in [3.8, 4) is 0 Å². The van der Waals surface area contributed by atoms with Gasteiger partial charge in [0.2, 0.25) is 5.91 Å². The number of amides is 1. The Labute approximate surface area is 116 Å². The Kier molecular flexibility index (Phi) is 3.04. The van der Waals surface area contributed by atoms with E-state index in [1.807, 2.05) is 24.0 Å². The van der Waals surface area contributed by atoms with Crippen LogP contribution in [0.3, 0.4) is 0 Å². The van der Waals surface area contributed by atoms with Gasteiger partial charge in [0.15, 0.2) is 0 Å². The van der Waals surface area contributed by atoms with Crippen molar-refractivity contribution in [3.05, 3.63) is 36.1 Å². The summed E-state index contributed by atoms with van der Waals surface area (Å²) < 4.78 is 13.3. The molecule has 0 bridgehead atoms. The van der Waals surface area contributed by atoms with Crippen molar-refractivity contribution in [2.45, 2.75) is 13.0 Å². The number of aromatic nitrogens is 1. The molecule has 3 rings (SSSR count). The lowest BCUT2D eigenvalue weighted by atomic mass is 10.1. The molecule has 4 nitrogen and oxygen atoms in total. The van der Waals surface area contributed by atoms with Gasteiger partial charge in [0, 0.05) is 31.6 Å². The van der Waals surface area contributed by atoms with Crippen molar-refractivity contribution in [3.63, 3.8) is 0 Å². The lowest BCUT2D eigenvalue weighted by molar-refractivity contribution is -0.132. The molecule has 5 heteroatoms. The van der Waals surface area contributed by atoms with E-state index in [0.29, 0.717) is 12.1 Å². The zero-order valence-corrected chi connectivity index (χ0v) is 11.5. The predicted molar refractivity (Wildman–Crippen MR) is 76.1 cm³/mol. The molecule has 104 valence electrons. The Morgan fingerprint density at radius 2 is 2.00 bits per heavy atom. The molecule has 0 aliphatic carbocycles. The molecule has 2 aromatic rings. The van der Waals surface area contributed by atoms with E-state index in [9.17, 15) is 9.18 Å². The molecule has 1 fully saturated rings. The summed E-state index contributed by atoms with van der Waals surface area (Å²) in [5.41, 5.74) is 0.612. The quantitative estimate of drug-likeness (QED) is 0.798. The van der Waals surface area contributed by atoms with E-state index in [1.165, 1.54) is 12.1 Å². The van der Waals surface area contributed by atoms with Crippen molar-refractivity contribution < 1.29 is 9.18 Å². The van der Waals surface area contributed by atoms with Crippen molar-refractivity contribution in [1.82, 2.24) is 9.88 Å². The Hall–Kier alpha value is -2.17. The van der Waals surface area contributed by atoms with Crippen LogP contribution in [0.25, 0.3) is 10.9 Å². The van der Waals surface area contributed by atoms with Crippen LogP contribution in [0.1, 0.15) is 6.92 Å². The van der Waals surface area contributed by atoms with Gasteiger partial charge in [-0.05, 0) is 31.2 Å². The standard InChI is InChI=1S/C15H16FN3O/c1-10-15(20)18(2)7-8-19(10)14-6-4-11-3-5-12(16)9-13(11)17-14/h3-6,9-10H,7-8H2,1-2H3. The molecular formula is C15H16FN3O. The van der Waals surface area contributed by atoms with Gasteiger partial charge in [-0.1, -0.05) is 0 Å². The molecule has 20 heavy (non-hydrogen) atoms. The van der Waals surface area contributed by atoms with Crippen LogP contribution in [-0.4, -0.2) is 42.0 Å². The van der Waals surface area contributed by atoms with Gasteiger partial charge < -0.3 is 9.80 Å². The molecular weight excluding hydrogens is 257 g/mol.